The molecule has 1 aromatic carbocycles. The molecule has 1 amide bonds. The van der Waals surface area contributed by atoms with Crippen molar-refractivity contribution in [1.82, 2.24) is 4.90 Å². The van der Waals surface area contributed by atoms with Gasteiger partial charge in [0.15, 0.2) is 0 Å². The van der Waals surface area contributed by atoms with Crippen molar-refractivity contribution in [3.8, 4) is 0 Å². The fraction of sp³-hybridized carbons (Fsp3) is 0.529. The number of nitro groups is 1. The van der Waals surface area contributed by atoms with E-state index in [1.165, 1.54) is 12.1 Å². The first-order chi connectivity index (χ1) is 11.3. The van der Waals surface area contributed by atoms with Crippen molar-refractivity contribution in [2.75, 3.05) is 13.1 Å². The molecular formula is C17H22N2O5. The van der Waals surface area contributed by atoms with Gasteiger partial charge in [0, 0.05) is 31.6 Å². The van der Waals surface area contributed by atoms with Crippen LogP contribution in [0.5, 0.6) is 0 Å². The molecule has 24 heavy (non-hydrogen) atoms. The molecular weight excluding hydrogens is 312 g/mol. The second kappa shape index (κ2) is 6.98. The summed E-state index contributed by atoms with van der Waals surface area (Å²) < 4.78 is 0. The van der Waals surface area contributed by atoms with Gasteiger partial charge in [-0.2, -0.15) is 0 Å². The zero-order valence-corrected chi connectivity index (χ0v) is 13.9. The zero-order valence-electron chi connectivity index (χ0n) is 13.9. The summed E-state index contributed by atoms with van der Waals surface area (Å²) in [6, 6.07) is 6.23. The number of nitrogens with zero attached hydrogens (tertiary/aromatic N) is 2. The van der Waals surface area contributed by atoms with Crippen LogP contribution in [0.25, 0.3) is 0 Å². The van der Waals surface area contributed by atoms with Gasteiger partial charge in [0.1, 0.15) is 0 Å². The molecule has 1 heterocycles. The third kappa shape index (κ3) is 3.55. The number of rotatable bonds is 6. The lowest BCUT2D eigenvalue weighted by molar-refractivity contribution is -0.384. The highest BCUT2D eigenvalue weighted by Crippen LogP contribution is 2.38. The van der Waals surface area contributed by atoms with Crippen LogP contribution in [0.1, 0.15) is 32.3 Å². The molecule has 7 nitrogen and oxygen atoms in total. The van der Waals surface area contributed by atoms with Crippen LogP contribution in [0, 0.1) is 21.4 Å². The van der Waals surface area contributed by atoms with Crippen LogP contribution in [0.2, 0.25) is 0 Å². The van der Waals surface area contributed by atoms with Crippen LogP contribution in [-0.4, -0.2) is 39.9 Å². The molecule has 1 unspecified atom stereocenters. The molecule has 0 aliphatic carbocycles. The summed E-state index contributed by atoms with van der Waals surface area (Å²) in [6.45, 7) is 4.41. The minimum Gasteiger partial charge on any atom is -0.481 e. The van der Waals surface area contributed by atoms with E-state index in [0.29, 0.717) is 19.4 Å². The summed E-state index contributed by atoms with van der Waals surface area (Å²) >= 11 is 0. The first-order valence-electron chi connectivity index (χ1n) is 8.01. The maximum Gasteiger partial charge on any atom is 0.311 e. The Morgan fingerprint density at radius 1 is 1.42 bits per heavy atom. The van der Waals surface area contributed by atoms with Crippen LogP contribution in [0.3, 0.4) is 0 Å². The van der Waals surface area contributed by atoms with Crippen molar-refractivity contribution in [1.29, 1.82) is 0 Å². The molecule has 1 aromatic rings. The highest BCUT2D eigenvalue weighted by Gasteiger charge is 2.48. The number of non-ortho nitro benzene ring substituents is 1. The summed E-state index contributed by atoms with van der Waals surface area (Å²) in [4.78, 5) is 35.9. The van der Waals surface area contributed by atoms with Gasteiger partial charge in [-0.25, -0.2) is 0 Å². The Hall–Kier alpha value is -2.44. The van der Waals surface area contributed by atoms with Crippen LogP contribution >= 0.6 is 0 Å². The molecule has 0 saturated carbocycles. The van der Waals surface area contributed by atoms with Gasteiger partial charge in [-0.15, -0.1) is 0 Å². The number of amides is 1. The molecule has 0 bridgehead atoms. The van der Waals surface area contributed by atoms with Crippen molar-refractivity contribution < 1.29 is 19.6 Å². The van der Waals surface area contributed by atoms with E-state index in [1.54, 1.807) is 17.0 Å². The largest absolute Gasteiger partial charge is 0.481 e. The SMILES string of the molecule is CC(C)C1(C(=O)O)CCN(C(=O)CCc2cccc([N+](=O)[O-])c2)C1. The molecule has 1 N–H and O–H groups in total. The average molecular weight is 334 g/mol. The number of likely N-dealkylation sites (tertiary alicyclic amines) is 1. The number of benzene rings is 1. The monoisotopic (exact) mass is 334 g/mol. The van der Waals surface area contributed by atoms with Gasteiger partial charge in [0.05, 0.1) is 10.3 Å². The average Bonchev–Trinajstić information content (AvgIpc) is 3.00. The second-order valence-corrected chi connectivity index (χ2v) is 6.61. The van der Waals surface area contributed by atoms with Crippen LogP contribution < -0.4 is 0 Å². The Balaban J connectivity index is 1.98. The number of hydrogen-bond donors (Lipinski definition) is 1. The Bertz CT molecular complexity index is 658. The van der Waals surface area contributed by atoms with Gasteiger partial charge in [-0.05, 0) is 24.3 Å². The normalized spacial score (nSPS) is 20.4. The Morgan fingerprint density at radius 2 is 2.12 bits per heavy atom. The first-order valence-corrected chi connectivity index (χ1v) is 8.01. The van der Waals surface area contributed by atoms with E-state index in [-0.39, 0.29) is 30.5 Å². The fourth-order valence-corrected chi connectivity index (χ4v) is 3.17. The fourth-order valence-electron chi connectivity index (χ4n) is 3.17. The maximum atomic E-state index is 12.4. The topological polar surface area (TPSA) is 101 Å². The molecule has 1 aliphatic heterocycles. The lowest BCUT2D eigenvalue weighted by Crippen LogP contribution is -2.40. The number of nitro benzene ring substituents is 1. The number of carbonyl (C=O) groups is 2. The zero-order chi connectivity index (χ0) is 17.9. The van der Waals surface area contributed by atoms with Crippen LogP contribution in [0.15, 0.2) is 24.3 Å². The Labute approximate surface area is 140 Å². The minimum atomic E-state index is -0.874. The summed E-state index contributed by atoms with van der Waals surface area (Å²) in [7, 11) is 0. The molecule has 130 valence electrons. The molecule has 0 radical (unpaired) electrons. The van der Waals surface area contributed by atoms with E-state index in [9.17, 15) is 24.8 Å². The summed E-state index contributed by atoms with van der Waals surface area (Å²) in [5.41, 5.74) is -0.141. The van der Waals surface area contributed by atoms with E-state index < -0.39 is 16.3 Å². The third-order valence-corrected chi connectivity index (χ3v) is 4.93. The Morgan fingerprint density at radius 3 is 2.67 bits per heavy atom. The molecule has 0 spiro atoms. The predicted octanol–water partition coefficient (Wildman–Crippen LogP) is 2.49. The number of hydrogen-bond acceptors (Lipinski definition) is 4. The quantitative estimate of drug-likeness (QED) is 0.636. The standard InChI is InChI=1S/C17H22N2O5/c1-12(2)17(16(21)22)8-9-18(11-17)15(20)7-6-13-4-3-5-14(10-13)19(23)24/h3-5,10,12H,6-9,11H2,1-2H3,(H,21,22). The third-order valence-electron chi connectivity index (χ3n) is 4.93. The van der Waals surface area contributed by atoms with Crippen molar-refractivity contribution in [2.24, 2.45) is 11.3 Å². The van der Waals surface area contributed by atoms with E-state index in [4.69, 9.17) is 0 Å². The molecule has 0 aromatic heterocycles. The van der Waals surface area contributed by atoms with Crippen molar-refractivity contribution >= 4 is 17.6 Å². The molecule has 1 atom stereocenters. The van der Waals surface area contributed by atoms with Crippen molar-refractivity contribution in [3.05, 3.63) is 39.9 Å². The van der Waals surface area contributed by atoms with Gasteiger partial charge in [0.25, 0.3) is 5.69 Å². The number of aliphatic carboxylic acids is 1. The highest BCUT2D eigenvalue weighted by molar-refractivity contribution is 5.81. The number of carboxylic acid groups (broad SMARTS) is 1. The number of carbonyl (C=O) groups excluding carboxylic acids is 1. The van der Waals surface area contributed by atoms with Crippen LogP contribution in [-0.2, 0) is 16.0 Å². The lowest BCUT2D eigenvalue weighted by Gasteiger charge is -2.28. The van der Waals surface area contributed by atoms with E-state index >= 15 is 0 Å². The Kier molecular flexibility index (Phi) is 5.21. The van der Waals surface area contributed by atoms with Crippen molar-refractivity contribution in [3.63, 3.8) is 0 Å². The van der Waals surface area contributed by atoms with Gasteiger partial charge in [-0.3, -0.25) is 19.7 Å². The summed E-state index contributed by atoms with van der Waals surface area (Å²) in [6.07, 6.45) is 1.08. The molecule has 7 heteroatoms. The number of aryl methyl sites for hydroxylation is 1. The van der Waals surface area contributed by atoms with Gasteiger partial charge < -0.3 is 10.0 Å². The maximum absolute atomic E-state index is 12.4. The van der Waals surface area contributed by atoms with Gasteiger partial charge in [-0.1, -0.05) is 26.0 Å². The molecule has 2 rings (SSSR count). The predicted molar refractivity (Wildman–Crippen MR) is 87.5 cm³/mol. The number of carboxylic acids is 1. The van der Waals surface area contributed by atoms with E-state index in [1.807, 2.05) is 13.8 Å². The molecule has 1 aliphatic rings. The first kappa shape index (κ1) is 17.9. The van der Waals surface area contributed by atoms with E-state index in [0.717, 1.165) is 5.56 Å². The second-order valence-electron chi connectivity index (χ2n) is 6.61. The molecule has 1 fully saturated rings. The van der Waals surface area contributed by atoms with Gasteiger partial charge in [0.2, 0.25) is 5.91 Å². The van der Waals surface area contributed by atoms with E-state index in [2.05, 4.69) is 0 Å². The smallest absolute Gasteiger partial charge is 0.311 e. The summed E-state index contributed by atoms with van der Waals surface area (Å²) in [5, 5.41) is 20.3. The summed E-state index contributed by atoms with van der Waals surface area (Å²) in [5.74, 6) is -1.01. The lowest BCUT2D eigenvalue weighted by atomic mass is 9.76. The molecule has 1 saturated heterocycles. The van der Waals surface area contributed by atoms with Gasteiger partial charge >= 0.3 is 5.97 Å². The van der Waals surface area contributed by atoms with Crippen LogP contribution in [0.4, 0.5) is 5.69 Å². The highest BCUT2D eigenvalue weighted by atomic mass is 16.6. The van der Waals surface area contributed by atoms with Crippen molar-refractivity contribution in [2.45, 2.75) is 33.1 Å². The minimum absolute atomic E-state index is 0.00539.